The van der Waals surface area contributed by atoms with Crippen molar-refractivity contribution in [2.24, 2.45) is 5.92 Å². The van der Waals surface area contributed by atoms with Gasteiger partial charge in [-0.3, -0.25) is 9.59 Å². The van der Waals surface area contributed by atoms with Crippen molar-refractivity contribution in [2.45, 2.75) is 44.2 Å². The van der Waals surface area contributed by atoms with Crippen LogP contribution in [0.5, 0.6) is 5.75 Å². The molecule has 4 aliphatic rings. The van der Waals surface area contributed by atoms with Crippen molar-refractivity contribution in [3.05, 3.63) is 65.1 Å². The lowest BCUT2D eigenvalue weighted by Gasteiger charge is -2.39. The molecule has 8 nitrogen and oxygen atoms in total. The van der Waals surface area contributed by atoms with E-state index in [1.54, 1.807) is 28.3 Å². The molecule has 1 amide bonds. The van der Waals surface area contributed by atoms with E-state index in [4.69, 9.17) is 14.2 Å². The average Bonchev–Trinajstić information content (AvgIpc) is 3.17. The number of ether oxygens (including phenoxy) is 4. The standard InChI is InChI=1S/C16H20N2O2.C11H14F2O3.C2H6O/c1-20-14-4-2-3-12-11(14)7-8-18-15(12)10-5-6-13(16(18)19)17-9-10;1-8(11(12,13)7-14)5-10(16-4)6-9(2)15-3;1-3-2/h2-4,10,13,15,17H,5-9H2,1H3;5-7H,1H2,2-4H3;1-2H3/b;9-6+,10-5+;. The lowest BCUT2D eigenvalue weighted by atomic mass is 9.82. The predicted molar refractivity (Wildman–Crippen MR) is 145 cm³/mol. The molecule has 4 aliphatic heterocycles. The molecule has 216 valence electrons. The first kappa shape index (κ1) is 32.0. The zero-order valence-corrected chi connectivity index (χ0v) is 23.6. The maximum absolute atomic E-state index is 12.8. The predicted octanol–water partition coefficient (Wildman–Crippen LogP) is 4.22. The molecule has 39 heavy (non-hydrogen) atoms. The number of piperidine rings is 1. The van der Waals surface area contributed by atoms with Crippen molar-refractivity contribution in [1.29, 1.82) is 0 Å². The molecule has 10 heteroatoms. The summed E-state index contributed by atoms with van der Waals surface area (Å²) in [6, 6.07) is 6.55. The van der Waals surface area contributed by atoms with Gasteiger partial charge in [-0.1, -0.05) is 18.7 Å². The molecule has 0 aliphatic carbocycles. The number of alkyl halides is 2. The zero-order chi connectivity index (χ0) is 29.2. The number of carbonyl (C=O) groups is 2. The average molecular weight is 551 g/mol. The van der Waals surface area contributed by atoms with Crippen molar-refractivity contribution in [1.82, 2.24) is 10.2 Å². The Bertz CT molecular complexity index is 1060. The van der Waals surface area contributed by atoms with Gasteiger partial charge in [0.15, 0.2) is 6.29 Å². The first-order valence-electron chi connectivity index (χ1n) is 12.7. The molecule has 1 aromatic carbocycles. The fraction of sp³-hybridized carbons (Fsp3) is 0.517. The Hall–Kier alpha value is -3.24. The number of hydrogen-bond acceptors (Lipinski definition) is 7. The molecular weight excluding hydrogens is 510 g/mol. The highest BCUT2D eigenvalue weighted by Gasteiger charge is 2.45. The van der Waals surface area contributed by atoms with Crippen molar-refractivity contribution in [3.63, 3.8) is 0 Å². The maximum atomic E-state index is 12.8. The molecular formula is C29H40F2N2O6. The van der Waals surface area contributed by atoms with Crippen molar-refractivity contribution >= 4 is 12.2 Å². The van der Waals surface area contributed by atoms with E-state index in [9.17, 15) is 18.4 Å². The van der Waals surface area contributed by atoms with Crippen molar-refractivity contribution < 1.29 is 37.3 Å². The van der Waals surface area contributed by atoms with Gasteiger partial charge in [0.1, 0.15) is 11.5 Å². The summed E-state index contributed by atoms with van der Waals surface area (Å²) in [7, 11) is 7.74. The van der Waals surface area contributed by atoms with Gasteiger partial charge in [-0.05, 0) is 49.8 Å². The van der Waals surface area contributed by atoms with Gasteiger partial charge in [0.05, 0.1) is 39.2 Å². The molecule has 1 N–H and O–H groups in total. The highest BCUT2D eigenvalue weighted by atomic mass is 19.3. The third-order valence-electron chi connectivity index (χ3n) is 6.92. The minimum Gasteiger partial charge on any atom is -0.501 e. The molecule has 3 fully saturated rings. The summed E-state index contributed by atoms with van der Waals surface area (Å²) in [5.41, 5.74) is 1.97. The van der Waals surface area contributed by atoms with E-state index in [0.29, 0.717) is 17.6 Å². The number of benzene rings is 1. The van der Waals surface area contributed by atoms with Gasteiger partial charge in [-0.25, -0.2) is 0 Å². The minimum atomic E-state index is -3.58. The second kappa shape index (κ2) is 14.8. The van der Waals surface area contributed by atoms with Gasteiger partial charge in [0.2, 0.25) is 5.91 Å². The van der Waals surface area contributed by atoms with Crippen LogP contribution in [0.1, 0.15) is 36.9 Å². The smallest absolute Gasteiger partial charge is 0.327 e. The second-order valence-electron chi connectivity index (χ2n) is 9.44. The summed E-state index contributed by atoms with van der Waals surface area (Å²) in [5.74, 6) is -1.17. The van der Waals surface area contributed by atoms with E-state index in [0.717, 1.165) is 44.2 Å². The number of rotatable bonds is 7. The van der Waals surface area contributed by atoms with E-state index in [1.807, 2.05) is 6.07 Å². The summed E-state index contributed by atoms with van der Waals surface area (Å²) in [5, 5.41) is 3.42. The van der Waals surface area contributed by atoms with Gasteiger partial charge < -0.3 is 29.2 Å². The molecule has 0 aromatic heterocycles. The van der Waals surface area contributed by atoms with Crippen LogP contribution in [0.15, 0.2) is 54.0 Å². The first-order valence-corrected chi connectivity index (χ1v) is 12.7. The summed E-state index contributed by atoms with van der Waals surface area (Å²) >= 11 is 0. The van der Waals surface area contributed by atoms with Gasteiger partial charge >= 0.3 is 5.92 Å². The van der Waals surface area contributed by atoms with Gasteiger partial charge in [0, 0.05) is 44.5 Å². The Morgan fingerprint density at radius 3 is 2.36 bits per heavy atom. The van der Waals surface area contributed by atoms with E-state index >= 15 is 0 Å². The number of fused-ring (bicyclic) bond motifs is 3. The molecule has 1 aromatic rings. The van der Waals surface area contributed by atoms with Crippen LogP contribution in [-0.2, 0) is 30.2 Å². The highest BCUT2D eigenvalue weighted by Crippen LogP contribution is 2.44. The molecule has 5 rings (SSSR count). The van der Waals surface area contributed by atoms with Crippen LogP contribution in [0, 0.1) is 5.92 Å². The van der Waals surface area contributed by atoms with Crippen LogP contribution in [0.4, 0.5) is 8.78 Å². The summed E-state index contributed by atoms with van der Waals surface area (Å²) in [6.07, 6.45) is 4.95. The third kappa shape index (κ3) is 7.89. The van der Waals surface area contributed by atoms with Gasteiger partial charge in [-0.2, -0.15) is 8.78 Å². The molecule has 0 spiro atoms. The van der Waals surface area contributed by atoms with Gasteiger partial charge in [-0.15, -0.1) is 0 Å². The Balaban J connectivity index is 0.000000256. The molecule has 4 heterocycles. The summed E-state index contributed by atoms with van der Waals surface area (Å²) in [6.45, 7) is 6.52. The monoisotopic (exact) mass is 550 g/mol. The zero-order valence-electron chi connectivity index (χ0n) is 23.6. The number of hydrogen-bond donors (Lipinski definition) is 1. The van der Waals surface area contributed by atoms with E-state index in [2.05, 4.69) is 33.7 Å². The highest BCUT2D eigenvalue weighted by molar-refractivity contribution is 5.83. The van der Waals surface area contributed by atoms with Crippen LogP contribution in [-0.4, -0.2) is 77.7 Å². The van der Waals surface area contributed by atoms with Crippen molar-refractivity contribution in [3.8, 4) is 5.75 Å². The number of carbonyl (C=O) groups excluding carboxylic acids is 2. The number of methoxy groups -OCH3 is 4. The van der Waals surface area contributed by atoms with Crippen LogP contribution < -0.4 is 10.1 Å². The lowest BCUT2D eigenvalue weighted by Crippen LogP contribution is -2.45. The molecule has 0 saturated carbocycles. The number of nitrogens with zero attached hydrogens (tertiary/aromatic N) is 1. The number of halogens is 2. The fourth-order valence-electron chi connectivity index (χ4n) is 4.93. The Kier molecular flexibility index (Phi) is 12.1. The van der Waals surface area contributed by atoms with Crippen LogP contribution >= 0.6 is 0 Å². The molecule has 3 unspecified atom stereocenters. The lowest BCUT2D eigenvalue weighted by molar-refractivity contribution is -0.135. The summed E-state index contributed by atoms with van der Waals surface area (Å²) in [4.78, 5) is 24.8. The Morgan fingerprint density at radius 1 is 1.13 bits per heavy atom. The van der Waals surface area contributed by atoms with E-state index in [1.165, 1.54) is 31.4 Å². The largest absolute Gasteiger partial charge is 0.501 e. The third-order valence-corrected chi connectivity index (χ3v) is 6.92. The number of aldehydes is 1. The Labute approximate surface area is 229 Å². The van der Waals surface area contributed by atoms with E-state index < -0.39 is 17.8 Å². The molecule has 2 bridgehead atoms. The summed E-state index contributed by atoms with van der Waals surface area (Å²) < 4.78 is 45.1. The molecule has 3 atom stereocenters. The van der Waals surface area contributed by atoms with Crippen LogP contribution in [0.2, 0.25) is 0 Å². The van der Waals surface area contributed by atoms with Crippen molar-refractivity contribution in [2.75, 3.05) is 48.6 Å². The first-order chi connectivity index (χ1) is 18.6. The fourth-order valence-corrected chi connectivity index (χ4v) is 4.93. The molecule has 3 saturated heterocycles. The maximum Gasteiger partial charge on any atom is 0.327 e. The van der Waals surface area contributed by atoms with Gasteiger partial charge in [0.25, 0.3) is 0 Å². The van der Waals surface area contributed by atoms with Crippen LogP contribution in [0.3, 0.4) is 0 Å². The quantitative estimate of drug-likeness (QED) is 0.309. The number of amides is 1. The minimum absolute atomic E-state index is 0.0448. The Morgan fingerprint density at radius 2 is 1.82 bits per heavy atom. The second-order valence-corrected chi connectivity index (χ2v) is 9.44. The number of allylic oxidation sites excluding steroid dienone is 4. The SMILES string of the molecule is C=C(/C=C(\C=C(/C)OC)OC)C(F)(F)C=O.COC.COc1cccc2c1CCN1C(=O)C3CCC(CN3)C21. The van der Waals surface area contributed by atoms with E-state index in [-0.39, 0.29) is 17.8 Å². The molecule has 0 radical (unpaired) electrons. The normalized spacial score (nSPS) is 22.1. The van der Waals surface area contributed by atoms with Crippen LogP contribution in [0.25, 0.3) is 0 Å². The number of nitrogens with one attached hydrogen (secondary N) is 1. The topological polar surface area (TPSA) is 86.3 Å².